The predicted molar refractivity (Wildman–Crippen MR) is 68.0 cm³/mol. The maximum Gasteiger partial charge on any atom is 0.416 e. The van der Waals surface area contributed by atoms with Gasteiger partial charge in [-0.15, -0.1) is 6.58 Å². The molecule has 1 aromatic heterocycles. The molecule has 4 heteroatoms. The molecule has 1 amide bonds. The van der Waals surface area contributed by atoms with Crippen LogP contribution in [0.4, 0.5) is 10.6 Å². The van der Waals surface area contributed by atoms with E-state index in [0.29, 0.717) is 12.4 Å². The third kappa shape index (κ3) is 4.26. The monoisotopic (exact) mass is 234 g/mol. The summed E-state index contributed by atoms with van der Waals surface area (Å²) in [5, 5.41) is 0. The normalized spacial score (nSPS) is 10.8. The molecule has 4 nitrogen and oxygen atoms in total. The Hall–Kier alpha value is -1.84. The van der Waals surface area contributed by atoms with Crippen molar-refractivity contribution in [1.82, 2.24) is 4.98 Å². The van der Waals surface area contributed by atoms with Gasteiger partial charge < -0.3 is 4.74 Å². The first kappa shape index (κ1) is 13.2. The predicted octanol–water partition coefficient (Wildman–Crippen LogP) is 3.01. The fraction of sp³-hybridized carbons (Fsp3) is 0.385. The molecule has 1 rings (SSSR count). The minimum absolute atomic E-state index is 0.367. The van der Waals surface area contributed by atoms with Gasteiger partial charge in [-0.05, 0) is 32.9 Å². The molecule has 0 aromatic carbocycles. The number of hydrogen-bond donors (Lipinski definition) is 0. The summed E-state index contributed by atoms with van der Waals surface area (Å²) in [5.41, 5.74) is -0.523. The zero-order valence-corrected chi connectivity index (χ0v) is 10.5. The number of pyridine rings is 1. The van der Waals surface area contributed by atoms with Gasteiger partial charge in [0, 0.05) is 12.7 Å². The SMILES string of the molecule is C=CCN(C(=O)OC(C)(C)C)c1ccccn1. The number of rotatable bonds is 3. The number of ether oxygens (including phenoxy) is 1. The topological polar surface area (TPSA) is 42.4 Å². The van der Waals surface area contributed by atoms with Crippen molar-refractivity contribution < 1.29 is 9.53 Å². The van der Waals surface area contributed by atoms with Gasteiger partial charge in [0.15, 0.2) is 0 Å². The van der Waals surface area contributed by atoms with Crippen LogP contribution in [-0.2, 0) is 4.74 Å². The van der Waals surface area contributed by atoms with Crippen molar-refractivity contribution in [3.05, 3.63) is 37.1 Å². The molecule has 92 valence electrons. The van der Waals surface area contributed by atoms with Crippen molar-refractivity contribution in [2.45, 2.75) is 26.4 Å². The Labute approximate surface area is 102 Å². The van der Waals surface area contributed by atoms with Crippen LogP contribution in [0, 0.1) is 0 Å². The zero-order chi connectivity index (χ0) is 12.9. The Morgan fingerprint density at radius 1 is 1.53 bits per heavy atom. The van der Waals surface area contributed by atoms with Gasteiger partial charge in [0.2, 0.25) is 0 Å². The van der Waals surface area contributed by atoms with E-state index in [1.165, 1.54) is 4.90 Å². The fourth-order valence-electron chi connectivity index (χ4n) is 1.22. The molecule has 0 N–H and O–H groups in total. The van der Waals surface area contributed by atoms with Crippen LogP contribution in [0.2, 0.25) is 0 Å². The molecule has 0 bridgehead atoms. The molecule has 1 heterocycles. The maximum atomic E-state index is 12.0. The molecule has 0 aliphatic heterocycles. The van der Waals surface area contributed by atoms with Crippen molar-refractivity contribution >= 4 is 11.9 Å². The summed E-state index contributed by atoms with van der Waals surface area (Å²) in [6.07, 6.45) is 2.85. The summed E-state index contributed by atoms with van der Waals surface area (Å²) >= 11 is 0. The molecule has 0 saturated heterocycles. The first-order valence-electron chi connectivity index (χ1n) is 5.46. The Balaban J connectivity index is 2.87. The van der Waals surface area contributed by atoms with E-state index in [1.807, 2.05) is 26.8 Å². The zero-order valence-electron chi connectivity index (χ0n) is 10.5. The van der Waals surface area contributed by atoms with E-state index >= 15 is 0 Å². The van der Waals surface area contributed by atoms with E-state index in [4.69, 9.17) is 4.74 Å². The summed E-state index contributed by atoms with van der Waals surface area (Å²) in [7, 11) is 0. The molecule has 1 aromatic rings. The summed E-state index contributed by atoms with van der Waals surface area (Å²) in [4.78, 5) is 17.5. The van der Waals surface area contributed by atoms with E-state index in [0.717, 1.165) is 0 Å². The van der Waals surface area contributed by atoms with Gasteiger partial charge >= 0.3 is 6.09 Å². The highest BCUT2D eigenvalue weighted by Crippen LogP contribution is 2.15. The smallest absolute Gasteiger partial charge is 0.416 e. The number of aromatic nitrogens is 1. The molecular formula is C13H18N2O2. The molecule has 0 atom stereocenters. The highest BCUT2D eigenvalue weighted by molar-refractivity contribution is 5.86. The number of amides is 1. The lowest BCUT2D eigenvalue weighted by molar-refractivity contribution is 0.0583. The number of anilines is 1. The van der Waals surface area contributed by atoms with Crippen LogP contribution in [0.15, 0.2) is 37.1 Å². The number of carbonyl (C=O) groups is 1. The number of carbonyl (C=O) groups excluding carboxylic acids is 1. The molecule has 0 spiro atoms. The van der Waals surface area contributed by atoms with Crippen molar-refractivity contribution in [1.29, 1.82) is 0 Å². The summed E-state index contributed by atoms with van der Waals surface area (Å²) in [6, 6.07) is 5.38. The van der Waals surface area contributed by atoms with Crippen molar-refractivity contribution in [3.8, 4) is 0 Å². The van der Waals surface area contributed by atoms with Gasteiger partial charge in [-0.25, -0.2) is 9.78 Å². The Bertz CT molecular complexity index is 382. The van der Waals surface area contributed by atoms with Gasteiger partial charge in [-0.2, -0.15) is 0 Å². The van der Waals surface area contributed by atoms with Crippen LogP contribution in [0.5, 0.6) is 0 Å². The largest absolute Gasteiger partial charge is 0.443 e. The highest BCUT2D eigenvalue weighted by Gasteiger charge is 2.22. The fourth-order valence-corrected chi connectivity index (χ4v) is 1.22. The number of hydrogen-bond acceptors (Lipinski definition) is 3. The van der Waals surface area contributed by atoms with E-state index in [9.17, 15) is 4.79 Å². The van der Waals surface area contributed by atoms with Gasteiger partial charge in [0.1, 0.15) is 11.4 Å². The van der Waals surface area contributed by atoms with Gasteiger partial charge in [0.25, 0.3) is 0 Å². The molecule has 0 saturated carbocycles. The van der Waals surface area contributed by atoms with E-state index in [1.54, 1.807) is 24.4 Å². The van der Waals surface area contributed by atoms with Crippen LogP contribution in [-0.4, -0.2) is 23.2 Å². The Kier molecular flexibility index (Phi) is 4.26. The minimum atomic E-state index is -0.523. The minimum Gasteiger partial charge on any atom is -0.443 e. The van der Waals surface area contributed by atoms with E-state index < -0.39 is 11.7 Å². The summed E-state index contributed by atoms with van der Waals surface area (Å²) in [6.45, 7) is 9.48. The standard InChI is InChI=1S/C13H18N2O2/c1-5-10-15(11-8-6-7-9-14-11)12(16)17-13(2,3)4/h5-9H,1,10H2,2-4H3. The molecule has 0 aliphatic carbocycles. The van der Waals surface area contributed by atoms with Gasteiger partial charge in [0.05, 0.1) is 0 Å². The van der Waals surface area contributed by atoms with Crippen LogP contribution in [0.1, 0.15) is 20.8 Å². The third-order valence-electron chi connectivity index (χ3n) is 1.85. The summed E-state index contributed by atoms with van der Waals surface area (Å²) in [5.74, 6) is 0.557. The quantitative estimate of drug-likeness (QED) is 0.755. The van der Waals surface area contributed by atoms with Crippen LogP contribution in [0.25, 0.3) is 0 Å². The molecule has 0 unspecified atom stereocenters. The van der Waals surface area contributed by atoms with Crippen molar-refractivity contribution in [2.75, 3.05) is 11.4 Å². The maximum absolute atomic E-state index is 12.0. The van der Waals surface area contributed by atoms with Crippen LogP contribution >= 0.6 is 0 Å². The Morgan fingerprint density at radius 2 is 2.24 bits per heavy atom. The van der Waals surface area contributed by atoms with E-state index in [2.05, 4.69) is 11.6 Å². The summed E-state index contributed by atoms with van der Waals surface area (Å²) < 4.78 is 5.31. The third-order valence-corrected chi connectivity index (χ3v) is 1.85. The van der Waals surface area contributed by atoms with Crippen molar-refractivity contribution in [3.63, 3.8) is 0 Å². The average molecular weight is 234 g/mol. The van der Waals surface area contributed by atoms with Crippen LogP contribution < -0.4 is 4.90 Å². The molecule has 0 radical (unpaired) electrons. The molecular weight excluding hydrogens is 216 g/mol. The Morgan fingerprint density at radius 3 is 2.71 bits per heavy atom. The van der Waals surface area contributed by atoms with E-state index in [-0.39, 0.29) is 0 Å². The lowest BCUT2D eigenvalue weighted by Crippen LogP contribution is -2.37. The first-order valence-corrected chi connectivity index (χ1v) is 5.46. The first-order chi connectivity index (χ1) is 7.94. The lowest BCUT2D eigenvalue weighted by atomic mass is 10.2. The highest BCUT2D eigenvalue weighted by atomic mass is 16.6. The second-order valence-electron chi connectivity index (χ2n) is 4.57. The van der Waals surface area contributed by atoms with Crippen molar-refractivity contribution in [2.24, 2.45) is 0 Å². The van der Waals surface area contributed by atoms with Gasteiger partial charge in [-0.1, -0.05) is 12.1 Å². The number of nitrogens with zero attached hydrogens (tertiary/aromatic N) is 2. The molecule has 0 aliphatic rings. The second-order valence-corrected chi connectivity index (χ2v) is 4.57. The van der Waals surface area contributed by atoms with Crippen LogP contribution in [0.3, 0.4) is 0 Å². The molecule has 0 fully saturated rings. The average Bonchev–Trinajstić information content (AvgIpc) is 2.24. The molecule has 17 heavy (non-hydrogen) atoms. The van der Waals surface area contributed by atoms with Gasteiger partial charge in [-0.3, -0.25) is 4.90 Å². The second kappa shape index (κ2) is 5.48. The lowest BCUT2D eigenvalue weighted by Gasteiger charge is -2.25.